The first-order valence-electron chi connectivity index (χ1n) is 5.44. The Balaban J connectivity index is 2.48. The van der Waals surface area contributed by atoms with Gasteiger partial charge < -0.3 is 10.4 Å². The van der Waals surface area contributed by atoms with Crippen LogP contribution in [0.4, 0.5) is 0 Å². The average Bonchev–Trinajstić information content (AvgIpc) is 2.74. The topological polar surface area (TPSA) is 49.3 Å². The van der Waals surface area contributed by atoms with Gasteiger partial charge in [0.25, 0.3) is 0 Å². The van der Waals surface area contributed by atoms with E-state index in [-0.39, 0.29) is 23.8 Å². The Morgan fingerprint density at radius 2 is 2.39 bits per heavy atom. The van der Waals surface area contributed by atoms with Gasteiger partial charge in [0.2, 0.25) is 5.91 Å². The second-order valence-electron chi connectivity index (χ2n) is 3.73. The highest BCUT2D eigenvalue weighted by Crippen LogP contribution is 2.22. The third-order valence-corrected chi connectivity index (χ3v) is 4.76. The minimum Gasteiger partial charge on any atom is -0.395 e. The van der Waals surface area contributed by atoms with E-state index in [1.54, 1.807) is 12.1 Å². The maximum atomic E-state index is 11.7. The van der Waals surface area contributed by atoms with Gasteiger partial charge in [-0.25, -0.2) is 0 Å². The number of thiophene rings is 1. The number of thioether (sulfide) groups is 1. The van der Waals surface area contributed by atoms with Crippen LogP contribution in [-0.4, -0.2) is 35.2 Å². The first-order chi connectivity index (χ1) is 8.56. The number of aliphatic hydroxyl groups excluding tert-OH is 1. The van der Waals surface area contributed by atoms with Crippen LogP contribution in [0.1, 0.15) is 11.8 Å². The Kier molecular flexibility index (Phi) is 6.78. The van der Waals surface area contributed by atoms with E-state index in [9.17, 15) is 4.79 Å². The van der Waals surface area contributed by atoms with Crippen molar-refractivity contribution in [2.75, 3.05) is 12.9 Å². The number of hydrogen-bond acceptors (Lipinski definition) is 4. The minimum absolute atomic E-state index is 0.0125. The highest BCUT2D eigenvalue weighted by molar-refractivity contribution is 7.99. The molecule has 18 heavy (non-hydrogen) atoms. The fourth-order valence-electron chi connectivity index (χ4n) is 1.38. The second kappa shape index (κ2) is 7.84. The normalized spacial score (nSPS) is 14.7. The maximum absolute atomic E-state index is 11.7. The lowest BCUT2D eigenvalue weighted by Crippen LogP contribution is -2.40. The van der Waals surface area contributed by atoms with Crippen molar-refractivity contribution in [3.63, 3.8) is 0 Å². The average molecular weight is 306 g/mol. The van der Waals surface area contributed by atoms with Gasteiger partial charge in [0, 0.05) is 22.2 Å². The molecule has 1 aromatic heterocycles. The van der Waals surface area contributed by atoms with Gasteiger partial charge in [-0.15, -0.1) is 11.3 Å². The van der Waals surface area contributed by atoms with Crippen molar-refractivity contribution < 1.29 is 9.90 Å². The first-order valence-corrected chi connectivity index (χ1v) is 7.92. The van der Waals surface area contributed by atoms with Crippen LogP contribution in [0.2, 0.25) is 4.34 Å². The molecule has 2 N–H and O–H groups in total. The zero-order valence-electron chi connectivity index (χ0n) is 10.2. The van der Waals surface area contributed by atoms with Crippen molar-refractivity contribution in [2.45, 2.75) is 18.2 Å². The molecule has 100 valence electrons. The highest BCUT2D eigenvalue weighted by Gasteiger charge is 2.15. The zero-order valence-corrected chi connectivity index (χ0v) is 12.6. The van der Waals surface area contributed by atoms with E-state index < -0.39 is 0 Å². The quantitative estimate of drug-likeness (QED) is 0.794. The number of rotatable bonds is 6. The molecule has 0 aliphatic carbocycles. The molecule has 0 aliphatic heterocycles. The van der Waals surface area contributed by atoms with E-state index in [2.05, 4.69) is 5.32 Å². The van der Waals surface area contributed by atoms with E-state index in [1.807, 2.05) is 19.2 Å². The molecular weight excluding hydrogens is 290 g/mol. The monoisotopic (exact) mass is 305 g/mol. The fraction of sp³-hybridized carbons (Fsp3) is 0.417. The molecule has 1 rings (SSSR count). The largest absolute Gasteiger partial charge is 0.395 e. The molecule has 0 radical (unpaired) electrons. The van der Waals surface area contributed by atoms with Gasteiger partial charge in [-0.3, -0.25) is 4.79 Å². The lowest BCUT2D eigenvalue weighted by atomic mass is 10.2. The molecule has 3 nitrogen and oxygen atoms in total. The van der Waals surface area contributed by atoms with E-state index in [0.29, 0.717) is 4.34 Å². The van der Waals surface area contributed by atoms with Gasteiger partial charge in [0.15, 0.2) is 0 Å². The number of amides is 1. The Hall–Kier alpha value is -0.490. The lowest BCUT2D eigenvalue weighted by molar-refractivity contribution is -0.117. The van der Waals surface area contributed by atoms with Gasteiger partial charge in [0.1, 0.15) is 0 Å². The van der Waals surface area contributed by atoms with E-state index in [0.717, 1.165) is 4.88 Å². The lowest BCUT2D eigenvalue weighted by Gasteiger charge is -2.20. The molecule has 2 atom stereocenters. The van der Waals surface area contributed by atoms with Crippen LogP contribution >= 0.6 is 34.7 Å². The number of hydrogen-bond donors (Lipinski definition) is 2. The van der Waals surface area contributed by atoms with Gasteiger partial charge >= 0.3 is 0 Å². The number of halogens is 1. The summed E-state index contributed by atoms with van der Waals surface area (Å²) in [6, 6.07) is 3.58. The van der Waals surface area contributed by atoms with Gasteiger partial charge in [0.05, 0.1) is 10.9 Å². The Morgan fingerprint density at radius 1 is 1.67 bits per heavy atom. The van der Waals surface area contributed by atoms with Crippen LogP contribution in [0, 0.1) is 0 Å². The van der Waals surface area contributed by atoms with Crippen LogP contribution in [0.3, 0.4) is 0 Å². The SMILES string of the molecule is CSC(CO)C(C)NC(=O)C=Cc1ccc(Cl)s1. The Labute approximate surface area is 120 Å². The number of nitrogens with one attached hydrogen (secondary N) is 1. The first kappa shape index (κ1) is 15.6. The molecular formula is C12H16ClNO2S2. The van der Waals surface area contributed by atoms with E-state index in [1.165, 1.54) is 29.2 Å². The molecule has 0 saturated heterocycles. The molecule has 0 saturated carbocycles. The summed E-state index contributed by atoms with van der Waals surface area (Å²) < 4.78 is 0.700. The van der Waals surface area contributed by atoms with Crippen LogP contribution in [0.15, 0.2) is 18.2 Å². The summed E-state index contributed by atoms with van der Waals surface area (Å²) in [5.74, 6) is -0.167. The third kappa shape index (κ3) is 5.02. The number of carbonyl (C=O) groups is 1. The highest BCUT2D eigenvalue weighted by atomic mass is 35.5. The summed E-state index contributed by atoms with van der Waals surface area (Å²) >= 11 is 8.74. The van der Waals surface area contributed by atoms with Gasteiger partial charge in [-0.05, 0) is 31.4 Å². The van der Waals surface area contributed by atoms with Crippen LogP contribution < -0.4 is 5.32 Å². The second-order valence-corrected chi connectivity index (χ2v) is 6.55. The molecule has 0 fully saturated rings. The van der Waals surface area contributed by atoms with E-state index in [4.69, 9.17) is 16.7 Å². The number of carbonyl (C=O) groups excluding carboxylic acids is 1. The van der Waals surface area contributed by atoms with Crippen molar-refractivity contribution in [1.82, 2.24) is 5.32 Å². The maximum Gasteiger partial charge on any atom is 0.244 e. The summed E-state index contributed by atoms with van der Waals surface area (Å²) in [7, 11) is 0. The van der Waals surface area contributed by atoms with Crippen molar-refractivity contribution in [1.29, 1.82) is 0 Å². The van der Waals surface area contributed by atoms with Crippen LogP contribution in [-0.2, 0) is 4.79 Å². The van der Waals surface area contributed by atoms with Crippen LogP contribution in [0.25, 0.3) is 6.08 Å². The molecule has 6 heteroatoms. The van der Waals surface area contributed by atoms with E-state index >= 15 is 0 Å². The molecule has 0 aliphatic rings. The molecule has 0 bridgehead atoms. The van der Waals surface area contributed by atoms with Crippen LogP contribution in [0.5, 0.6) is 0 Å². The van der Waals surface area contributed by atoms with Crippen molar-refractivity contribution in [3.8, 4) is 0 Å². The minimum atomic E-state index is -0.167. The smallest absolute Gasteiger partial charge is 0.244 e. The van der Waals surface area contributed by atoms with Gasteiger partial charge in [-0.1, -0.05) is 11.6 Å². The summed E-state index contributed by atoms with van der Waals surface area (Å²) in [5.41, 5.74) is 0. The molecule has 1 aromatic rings. The number of aliphatic hydroxyl groups is 1. The summed E-state index contributed by atoms with van der Waals surface area (Å²) in [5, 5.41) is 12.0. The molecule has 1 amide bonds. The summed E-state index contributed by atoms with van der Waals surface area (Å²) in [6.45, 7) is 1.93. The Morgan fingerprint density at radius 3 is 2.89 bits per heavy atom. The predicted molar refractivity (Wildman–Crippen MR) is 80.4 cm³/mol. The predicted octanol–water partition coefficient (Wildman–Crippen LogP) is 2.64. The molecule has 0 aromatic carbocycles. The van der Waals surface area contributed by atoms with Crippen molar-refractivity contribution in [2.24, 2.45) is 0 Å². The third-order valence-electron chi connectivity index (χ3n) is 2.40. The standard InChI is InChI=1S/C12H16ClNO2S2/c1-8(10(7-15)17-2)14-12(16)6-4-9-3-5-11(13)18-9/h3-6,8,10,15H,7H2,1-2H3,(H,14,16). The molecule has 0 spiro atoms. The summed E-state index contributed by atoms with van der Waals surface area (Å²) in [6.07, 6.45) is 5.12. The van der Waals surface area contributed by atoms with Gasteiger partial charge in [-0.2, -0.15) is 11.8 Å². The zero-order chi connectivity index (χ0) is 13.5. The summed E-state index contributed by atoms with van der Waals surface area (Å²) in [4.78, 5) is 12.6. The molecule has 2 unspecified atom stereocenters. The van der Waals surface area contributed by atoms with Crippen molar-refractivity contribution >= 4 is 46.7 Å². The Bertz CT molecular complexity index is 416. The van der Waals surface area contributed by atoms with Crippen molar-refractivity contribution in [3.05, 3.63) is 27.4 Å². The fourth-order valence-corrected chi connectivity index (χ4v) is 2.97. The molecule has 1 heterocycles.